The van der Waals surface area contributed by atoms with Gasteiger partial charge in [-0.25, -0.2) is 9.78 Å². The standard InChI is InChI=1S/C15H14N2O4S/c1-21-10-4-2-3-9(7-10)11-12(14(19)20)22-15(16-11)17-13(18)8-5-6-8/h2-4,7-8H,5-6H2,1H3,(H,19,20)(H,16,17,18). The molecule has 1 aliphatic carbocycles. The number of rotatable bonds is 5. The van der Waals surface area contributed by atoms with Gasteiger partial charge in [-0.2, -0.15) is 0 Å². The highest BCUT2D eigenvalue weighted by Gasteiger charge is 2.30. The number of nitrogens with zero attached hydrogens (tertiary/aromatic N) is 1. The van der Waals surface area contributed by atoms with Crippen molar-refractivity contribution in [2.24, 2.45) is 5.92 Å². The lowest BCUT2D eigenvalue weighted by molar-refractivity contribution is -0.117. The molecule has 0 atom stereocenters. The summed E-state index contributed by atoms with van der Waals surface area (Å²) in [5.74, 6) is -0.507. The molecule has 1 aromatic heterocycles. The minimum Gasteiger partial charge on any atom is -0.497 e. The zero-order valence-corrected chi connectivity index (χ0v) is 12.6. The van der Waals surface area contributed by atoms with Crippen LogP contribution in [-0.4, -0.2) is 29.1 Å². The van der Waals surface area contributed by atoms with Crippen LogP contribution in [0.4, 0.5) is 5.13 Å². The van der Waals surface area contributed by atoms with Crippen LogP contribution < -0.4 is 10.1 Å². The van der Waals surface area contributed by atoms with E-state index in [9.17, 15) is 14.7 Å². The highest BCUT2D eigenvalue weighted by molar-refractivity contribution is 7.18. The number of nitrogens with one attached hydrogen (secondary N) is 1. The molecule has 0 unspecified atom stereocenters. The Labute approximate surface area is 130 Å². The number of carbonyl (C=O) groups is 2. The molecule has 0 aliphatic heterocycles. The van der Waals surface area contributed by atoms with Gasteiger partial charge in [0.15, 0.2) is 5.13 Å². The summed E-state index contributed by atoms with van der Waals surface area (Å²) in [5, 5.41) is 12.4. The van der Waals surface area contributed by atoms with E-state index in [0.717, 1.165) is 24.2 Å². The Balaban J connectivity index is 1.95. The van der Waals surface area contributed by atoms with E-state index in [0.29, 0.717) is 22.1 Å². The van der Waals surface area contributed by atoms with Gasteiger partial charge in [-0.3, -0.25) is 4.79 Å². The number of thiazole rings is 1. The number of methoxy groups -OCH3 is 1. The Kier molecular flexibility index (Phi) is 3.81. The quantitative estimate of drug-likeness (QED) is 0.885. The lowest BCUT2D eigenvalue weighted by Crippen LogP contribution is -2.12. The average Bonchev–Trinajstić information content (AvgIpc) is 3.28. The molecule has 0 radical (unpaired) electrons. The van der Waals surface area contributed by atoms with Gasteiger partial charge in [0.2, 0.25) is 5.91 Å². The van der Waals surface area contributed by atoms with E-state index < -0.39 is 5.97 Å². The van der Waals surface area contributed by atoms with Crippen molar-refractivity contribution in [1.82, 2.24) is 4.98 Å². The van der Waals surface area contributed by atoms with Gasteiger partial charge in [-0.05, 0) is 25.0 Å². The molecule has 1 aromatic carbocycles. The molecule has 6 nitrogen and oxygen atoms in total. The molecule has 2 N–H and O–H groups in total. The van der Waals surface area contributed by atoms with Crippen molar-refractivity contribution < 1.29 is 19.4 Å². The third-order valence-corrected chi connectivity index (χ3v) is 4.30. The Morgan fingerprint density at radius 1 is 1.41 bits per heavy atom. The minimum atomic E-state index is -1.07. The predicted molar refractivity (Wildman–Crippen MR) is 82.4 cm³/mol. The van der Waals surface area contributed by atoms with Crippen LogP contribution in [0.2, 0.25) is 0 Å². The smallest absolute Gasteiger partial charge is 0.348 e. The molecule has 1 fully saturated rings. The van der Waals surface area contributed by atoms with Gasteiger partial charge in [0, 0.05) is 11.5 Å². The lowest BCUT2D eigenvalue weighted by Gasteiger charge is -2.03. The number of amides is 1. The average molecular weight is 318 g/mol. The number of benzene rings is 1. The maximum Gasteiger partial charge on any atom is 0.348 e. The predicted octanol–water partition coefficient (Wildman–Crippen LogP) is 2.87. The van der Waals surface area contributed by atoms with Crippen LogP contribution >= 0.6 is 11.3 Å². The topological polar surface area (TPSA) is 88.5 Å². The number of aromatic nitrogens is 1. The van der Waals surface area contributed by atoms with Crippen molar-refractivity contribution >= 4 is 28.3 Å². The van der Waals surface area contributed by atoms with Crippen LogP contribution in [0.25, 0.3) is 11.3 Å². The van der Waals surface area contributed by atoms with Crippen LogP contribution in [0, 0.1) is 5.92 Å². The van der Waals surface area contributed by atoms with Crippen molar-refractivity contribution in [1.29, 1.82) is 0 Å². The number of hydrogen-bond donors (Lipinski definition) is 2. The van der Waals surface area contributed by atoms with E-state index in [1.54, 1.807) is 31.4 Å². The van der Waals surface area contributed by atoms with Gasteiger partial charge in [0.25, 0.3) is 0 Å². The van der Waals surface area contributed by atoms with Crippen LogP contribution in [0.3, 0.4) is 0 Å². The normalized spacial score (nSPS) is 13.7. The van der Waals surface area contributed by atoms with E-state index >= 15 is 0 Å². The second kappa shape index (κ2) is 5.76. The van der Waals surface area contributed by atoms with Gasteiger partial charge < -0.3 is 15.2 Å². The van der Waals surface area contributed by atoms with Crippen LogP contribution in [0.1, 0.15) is 22.5 Å². The molecule has 1 amide bonds. The van der Waals surface area contributed by atoms with Gasteiger partial charge in [-0.15, -0.1) is 0 Å². The number of ether oxygens (including phenoxy) is 1. The first-order valence-corrected chi connectivity index (χ1v) is 7.59. The number of hydrogen-bond acceptors (Lipinski definition) is 5. The van der Waals surface area contributed by atoms with Gasteiger partial charge in [-0.1, -0.05) is 23.5 Å². The zero-order chi connectivity index (χ0) is 15.7. The SMILES string of the molecule is COc1cccc(-c2nc(NC(=O)C3CC3)sc2C(=O)O)c1. The van der Waals surface area contributed by atoms with Crippen molar-refractivity contribution in [3.8, 4) is 17.0 Å². The minimum absolute atomic E-state index is 0.0393. The fraction of sp³-hybridized carbons (Fsp3) is 0.267. The monoisotopic (exact) mass is 318 g/mol. The van der Waals surface area contributed by atoms with Gasteiger partial charge in [0.1, 0.15) is 10.6 Å². The molecular weight excluding hydrogens is 304 g/mol. The number of carboxylic acids is 1. The van der Waals surface area contributed by atoms with E-state index in [-0.39, 0.29) is 16.7 Å². The Morgan fingerprint density at radius 2 is 2.18 bits per heavy atom. The third kappa shape index (κ3) is 2.94. The van der Waals surface area contributed by atoms with Crippen LogP contribution in [0.15, 0.2) is 24.3 Å². The molecule has 114 valence electrons. The molecule has 0 bridgehead atoms. The molecule has 0 saturated heterocycles. The number of aromatic carboxylic acids is 1. The maximum atomic E-state index is 11.8. The van der Waals surface area contributed by atoms with Crippen molar-refractivity contribution in [3.63, 3.8) is 0 Å². The van der Waals surface area contributed by atoms with Crippen molar-refractivity contribution in [3.05, 3.63) is 29.1 Å². The Bertz CT molecular complexity index is 737. The fourth-order valence-electron chi connectivity index (χ4n) is 2.04. The summed E-state index contributed by atoms with van der Waals surface area (Å²) >= 11 is 0.966. The van der Waals surface area contributed by atoms with Crippen LogP contribution in [-0.2, 0) is 4.79 Å². The zero-order valence-electron chi connectivity index (χ0n) is 11.8. The summed E-state index contributed by atoms with van der Waals surface area (Å²) < 4.78 is 5.15. The number of carboxylic acid groups (broad SMARTS) is 1. The van der Waals surface area contributed by atoms with E-state index in [1.165, 1.54) is 0 Å². The lowest BCUT2D eigenvalue weighted by atomic mass is 10.1. The number of anilines is 1. The first kappa shape index (κ1) is 14.5. The van der Waals surface area contributed by atoms with Crippen molar-refractivity contribution in [2.45, 2.75) is 12.8 Å². The summed E-state index contributed by atoms with van der Waals surface area (Å²) in [5.41, 5.74) is 0.974. The molecule has 0 spiro atoms. The van der Waals surface area contributed by atoms with E-state index in [4.69, 9.17) is 4.74 Å². The Hall–Kier alpha value is -2.41. The highest BCUT2D eigenvalue weighted by Crippen LogP contribution is 2.35. The van der Waals surface area contributed by atoms with Gasteiger partial charge >= 0.3 is 5.97 Å². The molecule has 2 aromatic rings. The summed E-state index contributed by atoms with van der Waals surface area (Å²) in [6.07, 6.45) is 1.76. The second-order valence-corrected chi connectivity index (χ2v) is 6.00. The number of carbonyl (C=O) groups excluding carboxylic acids is 1. The first-order chi connectivity index (χ1) is 10.6. The molecule has 22 heavy (non-hydrogen) atoms. The summed E-state index contributed by atoms with van der Waals surface area (Å²) in [4.78, 5) is 27.6. The molecule has 1 saturated carbocycles. The molecule has 3 rings (SSSR count). The molecule has 1 aliphatic rings. The van der Waals surface area contributed by atoms with Crippen molar-refractivity contribution in [2.75, 3.05) is 12.4 Å². The molecule has 1 heterocycles. The third-order valence-electron chi connectivity index (χ3n) is 3.34. The van der Waals surface area contributed by atoms with Gasteiger partial charge in [0.05, 0.1) is 12.8 Å². The maximum absolute atomic E-state index is 11.8. The Morgan fingerprint density at radius 3 is 2.82 bits per heavy atom. The van der Waals surface area contributed by atoms with E-state index in [1.807, 2.05) is 0 Å². The highest BCUT2D eigenvalue weighted by atomic mass is 32.1. The molecular formula is C15H14N2O4S. The largest absolute Gasteiger partial charge is 0.497 e. The summed E-state index contributed by atoms with van der Waals surface area (Å²) in [7, 11) is 1.54. The summed E-state index contributed by atoms with van der Waals surface area (Å²) in [6, 6.07) is 7.01. The molecule has 7 heteroatoms. The second-order valence-electron chi connectivity index (χ2n) is 5.00. The fourth-order valence-corrected chi connectivity index (χ4v) is 2.87. The van der Waals surface area contributed by atoms with Crippen LogP contribution in [0.5, 0.6) is 5.75 Å². The van der Waals surface area contributed by atoms with E-state index in [2.05, 4.69) is 10.3 Å². The first-order valence-electron chi connectivity index (χ1n) is 6.78. The summed E-state index contributed by atoms with van der Waals surface area (Å²) in [6.45, 7) is 0.